The highest BCUT2D eigenvalue weighted by Gasteiger charge is 2.04. The molecular formula is C20H39BrO2. The van der Waals surface area contributed by atoms with Crippen LogP contribution in [0.3, 0.4) is 0 Å². The van der Waals surface area contributed by atoms with Crippen LogP contribution in [0.25, 0.3) is 0 Å². The molecule has 0 rings (SSSR count). The second kappa shape index (κ2) is 18.3. The summed E-state index contributed by atoms with van der Waals surface area (Å²) in [6, 6.07) is 0. The molecule has 0 aliphatic heterocycles. The SMILES string of the molecule is CCCCCCCCCCCCCCC(Br)CCCCC(=O)O. The van der Waals surface area contributed by atoms with E-state index in [1.54, 1.807) is 0 Å². The van der Waals surface area contributed by atoms with Gasteiger partial charge in [0.15, 0.2) is 0 Å². The van der Waals surface area contributed by atoms with Crippen LogP contribution >= 0.6 is 15.9 Å². The second-order valence-corrected chi connectivity index (χ2v) is 8.21. The Kier molecular flexibility index (Phi) is 18.3. The van der Waals surface area contributed by atoms with Crippen molar-refractivity contribution in [2.24, 2.45) is 0 Å². The Morgan fingerprint density at radius 1 is 0.739 bits per heavy atom. The minimum Gasteiger partial charge on any atom is -0.481 e. The van der Waals surface area contributed by atoms with E-state index in [9.17, 15) is 4.79 Å². The van der Waals surface area contributed by atoms with Gasteiger partial charge in [0.25, 0.3) is 0 Å². The third-order valence-corrected chi connectivity index (χ3v) is 5.44. The topological polar surface area (TPSA) is 37.3 Å². The van der Waals surface area contributed by atoms with Crippen LogP contribution in [0.5, 0.6) is 0 Å². The van der Waals surface area contributed by atoms with Crippen LogP contribution < -0.4 is 0 Å². The van der Waals surface area contributed by atoms with Gasteiger partial charge < -0.3 is 5.11 Å². The first-order chi connectivity index (χ1) is 11.2. The van der Waals surface area contributed by atoms with Crippen LogP contribution in [0.4, 0.5) is 0 Å². The lowest BCUT2D eigenvalue weighted by atomic mass is 10.0. The monoisotopic (exact) mass is 390 g/mol. The van der Waals surface area contributed by atoms with Gasteiger partial charge in [0.1, 0.15) is 0 Å². The lowest BCUT2D eigenvalue weighted by Gasteiger charge is -2.09. The van der Waals surface area contributed by atoms with Crippen molar-refractivity contribution in [3.63, 3.8) is 0 Å². The Hall–Kier alpha value is -0.0500. The van der Waals surface area contributed by atoms with Crippen molar-refractivity contribution >= 4 is 21.9 Å². The summed E-state index contributed by atoms with van der Waals surface area (Å²) < 4.78 is 0. The lowest BCUT2D eigenvalue weighted by Crippen LogP contribution is -1.99. The molecule has 0 aromatic carbocycles. The molecule has 0 aliphatic carbocycles. The first kappa shape index (κ1) is 22.9. The van der Waals surface area contributed by atoms with Crippen molar-refractivity contribution in [3.05, 3.63) is 0 Å². The van der Waals surface area contributed by atoms with Crippen LogP contribution in [0.2, 0.25) is 0 Å². The average Bonchev–Trinajstić information content (AvgIpc) is 2.52. The number of carboxylic acids is 1. The summed E-state index contributed by atoms with van der Waals surface area (Å²) >= 11 is 3.73. The van der Waals surface area contributed by atoms with Gasteiger partial charge in [-0.3, -0.25) is 4.79 Å². The number of aliphatic carboxylic acids is 1. The van der Waals surface area contributed by atoms with E-state index in [0.29, 0.717) is 11.2 Å². The van der Waals surface area contributed by atoms with Crippen molar-refractivity contribution in [1.82, 2.24) is 0 Å². The molecule has 0 saturated heterocycles. The molecule has 138 valence electrons. The molecule has 1 N–H and O–H groups in total. The van der Waals surface area contributed by atoms with Gasteiger partial charge >= 0.3 is 5.97 Å². The first-order valence-corrected chi connectivity index (χ1v) is 10.9. The Bertz CT molecular complexity index is 256. The van der Waals surface area contributed by atoms with Gasteiger partial charge in [-0.1, -0.05) is 106 Å². The summed E-state index contributed by atoms with van der Waals surface area (Å²) in [4.78, 5) is 11.0. The van der Waals surface area contributed by atoms with Crippen molar-refractivity contribution in [2.45, 2.75) is 121 Å². The summed E-state index contributed by atoms with van der Waals surface area (Å²) in [7, 11) is 0. The van der Waals surface area contributed by atoms with Crippen LogP contribution in [0.1, 0.15) is 116 Å². The number of rotatable bonds is 18. The van der Waals surface area contributed by atoms with E-state index < -0.39 is 5.97 Å². The van der Waals surface area contributed by atoms with Gasteiger partial charge in [0.2, 0.25) is 0 Å². The van der Waals surface area contributed by atoms with E-state index in [2.05, 4.69) is 22.9 Å². The molecule has 0 aliphatic rings. The van der Waals surface area contributed by atoms with E-state index in [1.807, 2.05) is 0 Å². The maximum Gasteiger partial charge on any atom is 0.303 e. The van der Waals surface area contributed by atoms with Gasteiger partial charge in [-0.15, -0.1) is 0 Å². The maximum absolute atomic E-state index is 10.4. The summed E-state index contributed by atoms with van der Waals surface area (Å²) in [5.41, 5.74) is 0. The minimum absolute atomic E-state index is 0.318. The Balaban J connectivity index is 3.13. The molecule has 23 heavy (non-hydrogen) atoms. The van der Waals surface area contributed by atoms with Crippen molar-refractivity contribution in [2.75, 3.05) is 0 Å². The van der Waals surface area contributed by atoms with Crippen molar-refractivity contribution in [1.29, 1.82) is 0 Å². The zero-order chi connectivity index (χ0) is 17.2. The van der Waals surface area contributed by atoms with Gasteiger partial charge in [0, 0.05) is 11.2 Å². The molecule has 1 atom stereocenters. The number of halogens is 1. The third-order valence-electron chi connectivity index (χ3n) is 4.53. The Morgan fingerprint density at radius 2 is 1.13 bits per heavy atom. The van der Waals surface area contributed by atoms with Crippen molar-refractivity contribution < 1.29 is 9.90 Å². The molecule has 0 saturated carbocycles. The number of alkyl halides is 1. The van der Waals surface area contributed by atoms with E-state index in [4.69, 9.17) is 5.11 Å². The fraction of sp³-hybridized carbons (Fsp3) is 0.950. The average molecular weight is 391 g/mol. The van der Waals surface area contributed by atoms with Crippen molar-refractivity contribution in [3.8, 4) is 0 Å². The van der Waals surface area contributed by atoms with Gasteiger partial charge in [0.05, 0.1) is 0 Å². The maximum atomic E-state index is 10.4. The number of hydrogen-bond acceptors (Lipinski definition) is 1. The zero-order valence-electron chi connectivity index (χ0n) is 15.3. The quantitative estimate of drug-likeness (QED) is 0.194. The Labute approximate surface area is 152 Å². The van der Waals surface area contributed by atoms with E-state index in [1.165, 1.54) is 83.5 Å². The normalized spacial score (nSPS) is 12.4. The fourth-order valence-electron chi connectivity index (χ4n) is 2.99. The Morgan fingerprint density at radius 3 is 1.57 bits per heavy atom. The van der Waals surface area contributed by atoms with Crippen LogP contribution in [-0.2, 0) is 4.79 Å². The largest absolute Gasteiger partial charge is 0.481 e. The number of unbranched alkanes of at least 4 members (excludes halogenated alkanes) is 12. The second-order valence-electron chi connectivity index (χ2n) is 6.91. The predicted octanol–water partition coefficient (Wildman–Crippen LogP) is 7.49. The molecule has 0 aromatic rings. The molecule has 0 spiro atoms. The molecule has 1 unspecified atom stereocenters. The molecule has 0 aromatic heterocycles. The number of carboxylic acid groups (broad SMARTS) is 1. The summed E-state index contributed by atoms with van der Waals surface area (Å²) in [5.74, 6) is -0.669. The fourth-order valence-corrected chi connectivity index (χ4v) is 3.64. The molecule has 0 amide bonds. The van der Waals surface area contributed by atoms with Gasteiger partial charge in [-0.25, -0.2) is 0 Å². The molecule has 0 bridgehead atoms. The molecule has 2 nitrogen and oxygen atoms in total. The number of carbonyl (C=O) groups is 1. The highest BCUT2D eigenvalue weighted by molar-refractivity contribution is 9.09. The van der Waals surface area contributed by atoms with E-state index >= 15 is 0 Å². The number of hydrogen-bond donors (Lipinski definition) is 1. The lowest BCUT2D eigenvalue weighted by molar-refractivity contribution is -0.137. The van der Waals surface area contributed by atoms with Gasteiger partial charge in [-0.2, -0.15) is 0 Å². The van der Waals surface area contributed by atoms with Crippen LogP contribution in [0.15, 0.2) is 0 Å². The third kappa shape index (κ3) is 19.9. The standard InChI is InChI=1S/C20H39BrO2/c1-2-3-4-5-6-7-8-9-10-11-12-13-16-19(21)17-14-15-18-20(22)23/h19H,2-18H2,1H3,(H,22,23). The van der Waals surface area contributed by atoms with Crippen LogP contribution in [0, 0.1) is 0 Å². The summed E-state index contributed by atoms with van der Waals surface area (Å²) in [5, 5.41) is 8.59. The summed E-state index contributed by atoms with van der Waals surface area (Å²) in [6.45, 7) is 2.28. The molecule has 0 heterocycles. The predicted molar refractivity (Wildman–Crippen MR) is 105 cm³/mol. The molecule has 0 radical (unpaired) electrons. The molecule has 3 heteroatoms. The summed E-state index contributed by atoms with van der Waals surface area (Å²) in [6.07, 6.45) is 21.3. The van der Waals surface area contributed by atoms with Crippen LogP contribution in [-0.4, -0.2) is 15.9 Å². The van der Waals surface area contributed by atoms with E-state index in [-0.39, 0.29) is 0 Å². The zero-order valence-corrected chi connectivity index (χ0v) is 16.9. The highest BCUT2D eigenvalue weighted by atomic mass is 79.9. The molecular weight excluding hydrogens is 352 g/mol. The highest BCUT2D eigenvalue weighted by Crippen LogP contribution is 2.19. The van der Waals surface area contributed by atoms with E-state index in [0.717, 1.165) is 19.3 Å². The van der Waals surface area contributed by atoms with Gasteiger partial charge in [-0.05, 0) is 19.3 Å². The first-order valence-electron chi connectivity index (χ1n) is 10.0. The molecule has 0 fully saturated rings. The minimum atomic E-state index is -0.669. The smallest absolute Gasteiger partial charge is 0.303 e.